The average Bonchev–Trinajstić information content (AvgIpc) is 2.19. The van der Waals surface area contributed by atoms with Crippen LogP contribution in [-0.2, 0) is 0 Å². The molecule has 14 heavy (non-hydrogen) atoms. The van der Waals surface area contributed by atoms with Crippen molar-refractivity contribution in [3.05, 3.63) is 33.7 Å². The highest BCUT2D eigenvalue weighted by molar-refractivity contribution is 5.18. The van der Waals surface area contributed by atoms with E-state index in [1.165, 1.54) is 0 Å². The SMILES string of the molecule is Cc1ccc(C2CNCCN2)c(=O)[nH]1. The van der Waals surface area contributed by atoms with Crippen molar-refractivity contribution in [2.75, 3.05) is 19.6 Å². The maximum Gasteiger partial charge on any atom is 0.252 e. The largest absolute Gasteiger partial charge is 0.326 e. The molecule has 0 aliphatic carbocycles. The van der Waals surface area contributed by atoms with E-state index in [4.69, 9.17) is 0 Å². The van der Waals surface area contributed by atoms with Crippen LogP contribution in [0.1, 0.15) is 17.3 Å². The van der Waals surface area contributed by atoms with E-state index in [9.17, 15) is 4.79 Å². The lowest BCUT2D eigenvalue weighted by Gasteiger charge is -2.24. The molecule has 1 fully saturated rings. The van der Waals surface area contributed by atoms with Crippen molar-refractivity contribution in [1.82, 2.24) is 15.6 Å². The molecule has 1 atom stereocenters. The summed E-state index contributed by atoms with van der Waals surface area (Å²) < 4.78 is 0. The van der Waals surface area contributed by atoms with Gasteiger partial charge >= 0.3 is 0 Å². The van der Waals surface area contributed by atoms with Gasteiger partial charge in [0.05, 0.1) is 6.04 Å². The first-order valence-corrected chi connectivity index (χ1v) is 4.91. The Hall–Kier alpha value is -1.13. The van der Waals surface area contributed by atoms with Gasteiger partial charge in [0.15, 0.2) is 0 Å². The minimum absolute atomic E-state index is 0.0196. The molecule has 4 heteroatoms. The van der Waals surface area contributed by atoms with Crippen molar-refractivity contribution >= 4 is 0 Å². The molecule has 3 N–H and O–H groups in total. The first-order valence-electron chi connectivity index (χ1n) is 4.91. The molecule has 2 rings (SSSR count). The Morgan fingerprint density at radius 2 is 2.21 bits per heavy atom. The minimum atomic E-state index is 0.0196. The molecule has 76 valence electrons. The third-order valence-corrected chi connectivity index (χ3v) is 2.50. The fourth-order valence-corrected chi connectivity index (χ4v) is 1.73. The van der Waals surface area contributed by atoms with Crippen molar-refractivity contribution in [3.63, 3.8) is 0 Å². The van der Waals surface area contributed by atoms with Crippen LogP contribution >= 0.6 is 0 Å². The summed E-state index contributed by atoms with van der Waals surface area (Å²) in [6.07, 6.45) is 0. The lowest BCUT2D eigenvalue weighted by Crippen LogP contribution is -2.44. The van der Waals surface area contributed by atoms with E-state index in [1.54, 1.807) is 0 Å². The van der Waals surface area contributed by atoms with Gasteiger partial charge in [-0.2, -0.15) is 0 Å². The van der Waals surface area contributed by atoms with E-state index >= 15 is 0 Å². The number of aromatic amines is 1. The quantitative estimate of drug-likeness (QED) is 0.584. The van der Waals surface area contributed by atoms with Crippen LogP contribution < -0.4 is 16.2 Å². The van der Waals surface area contributed by atoms with Gasteiger partial charge in [-0.15, -0.1) is 0 Å². The van der Waals surface area contributed by atoms with E-state index in [2.05, 4.69) is 15.6 Å². The van der Waals surface area contributed by atoms with Crippen molar-refractivity contribution in [3.8, 4) is 0 Å². The number of H-pyrrole nitrogens is 1. The van der Waals surface area contributed by atoms with E-state index in [0.717, 1.165) is 30.9 Å². The Morgan fingerprint density at radius 3 is 2.86 bits per heavy atom. The molecule has 0 amide bonds. The van der Waals surface area contributed by atoms with Gasteiger partial charge in [-0.25, -0.2) is 0 Å². The van der Waals surface area contributed by atoms with Gasteiger partial charge in [-0.3, -0.25) is 4.79 Å². The molecule has 0 bridgehead atoms. The topological polar surface area (TPSA) is 56.9 Å². The van der Waals surface area contributed by atoms with Crippen LogP contribution in [0.25, 0.3) is 0 Å². The number of aromatic nitrogens is 1. The standard InChI is InChI=1S/C10H15N3O/c1-7-2-3-8(10(14)13-7)9-6-11-4-5-12-9/h2-3,9,11-12H,4-6H2,1H3,(H,13,14). The molecule has 1 aromatic heterocycles. The normalized spacial score (nSPS) is 22.2. The predicted molar refractivity (Wildman–Crippen MR) is 55.4 cm³/mol. The molecular formula is C10H15N3O. The summed E-state index contributed by atoms with van der Waals surface area (Å²) in [5.74, 6) is 0. The Labute approximate surface area is 82.7 Å². The number of aryl methyl sites for hydroxylation is 1. The molecule has 1 unspecified atom stereocenters. The van der Waals surface area contributed by atoms with Gasteiger partial charge in [-0.05, 0) is 13.0 Å². The van der Waals surface area contributed by atoms with Crippen LogP contribution in [0.2, 0.25) is 0 Å². The lowest BCUT2D eigenvalue weighted by atomic mass is 10.1. The third kappa shape index (κ3) is 1.86. The second-order valence-electron chi connectivity index (χ2n) is 3.64. The molecule has 0 saturated carbocycles. The average molecular weight is 193 g/mol. The minimum Gasteiger partial charge on any atom is -0.326 e. The van der Waals surface area contributed by atoms with Gasteiger partial charge in [0.2, 0.25) is 0 Å². The maximum atomic E-state index is 11.6. The van der Waals surface area contributed by atoms with Gasteiger partial charge in [0.1, 0.15) is 0 Å². The summed E-state index contributed by atoms with van der Waals surface area (Å²) in [5, 5.41) is 6.57. The smallest absolute Gasteiger partial charge is 0.252 e. The zero-order valence-electron chi connectivity index (χ0n) is 8.26. The molecule has 0 aromatic carbocycles. The van der Waals surface area contributed by atoms with Gasteiger partial charge in [0, 0.05) is 30.9 Å². The number of piperazine rings is 1. The maximum absolute atomic E-state index is 11.6. The number of rotatable bonds is 1. The second kappa shape index (κ2) is 3.94. The van der Waals surface area contributed by atoms with E-state index in [1.807, 2.05) is 19.1 Å². The highest BCUT2D eigenvalue weighted by Crippen LogP contribution is 2.08. The van der Waals surface area contributed by atoms with Gasteiger partial charge in [-0.1, -0.05) is 6.07 Å². The van der Waals surface area contributed by atoms with Crippen molar-refractivity contribution in [2.24, 2.45) is 0 Å². The zero-order chi connectivity index (χ0) is 9.97. The van der Waals surface area contributed by atoms with Crippen LogP contribution in [0.4, 0.5) is 0 Å². The first kappa shape index (κ1) is 9.43. The second-order valence-corrected chi connectivity index (χ2v) is 3.64. The third-order valence-electron chi connectivity index (χ3n) is 2.50. The fraction of sp³-hybridized carbons (Fsp3) is 0.500. The monoisotopic (exact) mass is 193 g/mol. The van der Waals surface area contributed by atoms with E-state index < -0.39 is 0 Å². The van der Waals surface area contributed by atoms with Gasteiger partial charge < -0.3 is 15.6 Å². The van der Waals surface area contributed by atoms with Gasteiger partial charge in [0.25, 0.3) is 5.56 Å². The Bertz CT molecular complexity index is 366. The van der Waals surface area contributed by atoms with E-state index in [0.29, 0.717) is 0 Å². The summed E-state index contributed by atoms with van der Waals surface area (Å²) in [5.41, 5.74) is 1.75. The highest BCUT2D eigenvalue weighted by atomic mass is 16.1. The molecule has 1 aromatic rings. The number of hydrogen-bond acceptors (Lipinski definition) is 3. The first-order chi connectivity index (χ1) is 6.77. The number of hydrogen-bond donors (Lipinski definition) is 3. The summed E-state index contributed by atoms with van der Waals surface area (Å²) >= 11 is 0. The van der Waals surface area contributed by atoms with Crippen LogP contribution in [-0.4, -0.2) is 24.6 Å². The molecule has 1 aliphatic rings. The molecule has 0 radical (unpaired) electrons. The predicted octanol–water partition coefficient (Wildman–Crippen LogP) is -0.0828. The molecule has 0 spiro atoms. The van der Waals surface area contributed by atoms with Crippen molar-refractivity contribution in [1.29, 1.82) is 0 Å². The van der Waals surface area contributed by atoms with Crippen LogP contribution in [0, 0.1) is 6.92 Å². The van der Waals surface area contributed by atoms with Crippen LogP contribution in [0.3, 0.4) is 0 Å². The Kier molecular flexibility index (Phi) is 2.65. The van der Waals surface area contributed by atoms with E-state index in [-0.39, 0.29) is 11.6 Å². The summed E-state index contributed by atoms with van der Waals surface area (Å²) in [6, 6.07) is 3.99. The lowest BCUT2D eigenvalue weighted by molar-refractivity contribution is 0.427. The fourth-order valence-electron chi connectivity index (χ4n) is 1.73. The Balaban J connectivity index is 2.26. The number of pyridine rings is 1. The van der Waals surface area contributed by atoms with Crippen molar-refractivity contribution < 1.29 is 0 Å². The molecule has 1 saturated heterocycles. The number of nitrogens with one attached hydrogen (secondary N) is 3. The van der Waals surface area contributed by atoms with Crippen molar-refractivity contribution in [2.45, 2.75) is 13.0 Å². The molecule has 4 nitrogen and oxygen atoms in total. The molecule has 1 aliphatic heterocycles. The summed E-state index contributed by atoms with van der Waals surface area (Å²) in [7, 11) is 0. The van der Waals surface area contributed by atoms with Crippen LogP contribution in [0.15, 0.2) is 16.9 Å². The molecule has 2 heterocycles. The zero-order valence-corrected chi connectivity index (χ0v) is 8.26. The summed E-state index contributed by atoms with van der Waals surface area (Å²) in [6.45, 7) is 4.60. The molecular weight excluding hydrogens is 178 g/mol. The Morgan fingerprint density at radius 1 is 1.36 bits per heavy atom. The van der Waals surface area contributed by atoms with Crippen LogP contribution in [0.5, 0.6) is 0 Å². The highest BCUT2D eigenvalue weighted by Gasteiger charge is 2.16. The summed E-state index contributed by atoms with van der Waals surface area (Å²) in [4.78, 5) is 14.4.